The molecule has 2 aromatic rings. The first-order chi connectivity index (χ1) is 23.6. The summed E-state index contributed by atoms with van der Waals surface area (Å²) in [6.45, 7) is 0. The fourth-order valence-electron chi connectivity index (χ4n) is 3.86. The van der Waals surface area contributed by atoms with Crippen molar-refractivity contribution in [3.63, 3.8) is 0 Å². The van der Waals surface area contributed by atoms with Crippen LogP contribution in [-0.2, 0) is 56.9 Å². The Kier molecular flexibility index (Phi) is 13.4. The van der Waals surface area contributed by atoms with Gasteiger partial charge in [-0.2, -0.15) is 86.4 Å². The zero-order valence-electron chi connectivity index (χ0n) is 25.2. The van der Waals surface area contributed by atoms with Gasteiger partial charge in [0, 0.05) is 24.0 Å². The molecule has 0 radical (unpaired) electrons. The second kappa shape index (κ2) is 15.6. The smallest absolute Gasteiger partial charge is 0.376 e. The lowest BCUT2D eigenvalue weighted by Crippen LogP contribution is -2.34. The summed E-state index contributed by atoms with van der Waals surface area (Å²) < 4.78 is 234. The van der Waals surface area contributed by atoms with E-state index in [4.69, 9.17) is 0 Å². The molecule has 0 fully saturated rings. The summed E-state index contributed by atoms with van der Waals surface area (Å²) in [5.41, 5.74) is -21.7. The van der Waals surface area contributed by atoms with Crippen LogP contribution in [0.15, 0.2) is 36.4 Å². The third kappa shape index (κ3) is 11.6. The highest BCUT2D eigenvalue weighted by molar-refractivity contribution is 8.00. The zero-order valence-corrected chi connectivity index (χ0v) is 28.4. The second-order valence-corrected chi connectivity index (χ2v) is 16.4. The molecule has 29 heteroatoms. The maximum Gasteiger partial charge on any atom is 0.534 e. The van der Waals surface area contributed by atoms with Crippen molar-refractivity contribution in [2.45, 2.75) is 60.6 Å². The number of rotatable bonds is 6. The minimum absolute atomic E-state index is 0.223. The van der Waals surface area contributed by atoms with E-state index >= 15 is 0 Å². The summed E-state index contributed by atoms with van der Waals surface area (Å²) >= 11 is 0. The maximum atomic E-state index is 12.2. The number of carbonyl (C=O) groups excluding carboxylic acids is 2. The van der Waals surface area contributed by atoms with E-state index < -0.39 is 74.0 Å². The Morgan fingerprint density at radius 1 is 0.434 bits per heavy atom. The van der Waals surface area contributed by atoms with Crippen LogP contribution in [0.5, 0.6) is 11.5 Å². The third-order valence-corrected chi connectivity index (χ3v) is 10.7. The van der Waals surface area contributed by atoms with E-state index in [0.717, 1.165) is 24.3 Å². The van der Waals surface area contributed by atoms with E-state index in [9.17, 15) is 95.9 Å². The van der Waals surface area contributed by atoms with Crippen LogP contribution in [-0.4, -0.2) is 67.3 Å². The van der Waals surface area contributed by atoms with Gasteiger partial charge in [-0.1, -0.05) is 12.1 Å². The van der Waals surface area contributed by atoms with Crippen LogP contribution in [0.2, 0.25) is 0 Å². The molecule has 0 atom stereocenters. The number of hydrogen-bond acceptors (Lipinski definition) is 13. The predicted octanol–water partition coefficient (Wildman–Crippen LogP) is 5.57. The van der Waals surface area contributed by atoms with Gasteiger partial charge in [0.1, 0.15) is 11.5 Å². The molecule has 300 valence electrons. The van der Waals surface area contributed by atoms with Gasteiger partial charge in [0.25, 0.3) is 0 Å². The number of benzene rings is 2. The molecule has 0 bridgehead atoms. The van der Waals surface area contributed by atoms with Crippen molar-refractivity contribution >= 4 is 52.0 Å². The Balaban J connectivity index is 0.000000278. The Bertz CT molecular complexity index is 2000. The van der Waals surface area contributed by atoms with Crippen molar-refractivity contribution in [1.29, 1.82) is 0 Å². The molecule has 0 spiro atoms. The largest absolute Gasteiger partial charge is 0.534 e. The highest BCUT2D eigenvalue weighted by atomic mass is 32.3. The first kappa shape index (κ1) is 45.5. The van der Waals surface area contributed by atoms with E-state index in [1.807, 2.05) is 3.63 Å². The number of Topliss-reactive ketones (excluding diaryl/α,β-unsaturated/α-hetero) is 2. The number of hydrogen-bond donors (Lipinski definition) is 0. The van der Waals surface area contributed by atoms with Crippen molar-refractivity contribution in [2.24, 2.45) is 0 Å². The molecule has 0 saturated heterocycles. The molecule has 0 aliphatic heterocycles. The summed E-state index contributed by atoms with van der Waals surface area (Å²) in [5.74, 6) is -1.47. The van der Waals surface area contributed by atoms with Crippen LogP contribution in [0.3, 0.4) is 0 Å². The lowest BCUT2D eigenvalue weighted by molar-refractivity contribution is -0.0586. The molecular weight excluding hydrogens is 852 g/mol. The lowest BCUT2D eigenvalue weighted by Gasteiger charge is -2.16. The van der Waals surface area contributed by atoms with Gasteiger partial charge in [-0.05, 0) is 61.1 Å². The predicted molar refractivity (Wildman–Crippen MR) is 150 cm³/mol. The minimum atomic E-state index is -6.85. The quantitative estimate of drug-likeness (QED) is 0.199. The van der Waals surface area contributed by atoms with Gasteiger partial charge in [-0.15, -0.1) is 3.63 Å². The van der Waals surface area contributed by atoms with E-state index in [1.54, 1.807) is 0 Å². The van der Waals surface area contributed by atoms with Crippen molar-refractivity contribution in [1.82, 2.24) is 0 Å². The summed E-state index contributed by atoms with van der Waals surface area (Å²) in [6, 6.07) is 7.13. The van der Waals surface area contributed by atoms with Crippen LogP contribution in [0.4, 0.5) is 52.7 Å². The normalized spacial score (nSPS) is 15.8. The molecule has 2 aromatic carbocycles. The van der Waals surface area contributed by atoms with Gasteiger partial charge in [0.05, 0.1) is 0 Å². The van der Waals surface area contributed by atoms with E-state index in [1.165, 1.54) is 12.1 Å². The Morgan fingerprint density at radius 2 is 0.717 bits per heavy atom. The maximum absolute atomic E-state index is 12.2. The highest BCUT2D eigenvalue weighted by Crippen LogP contribution is 2.33. The molecule has 13 nitrogen and oxygen atoms in total. The van der Waals surface area contributed by atoms with E-state index in [0.29, 0.717) is 49.7 Å². The molecule has 0 unspecified atom stereocenters. The Morgan fingerprint density at radius 3 is 0.981 bits per heavy atom. The number of halogens is 12. The number of carbonyl (C=O) groups is 2. The minimum Gasteiger partial charge on any atom is -0.376 e. The van der Waals surface area contributed by atoms with Crippen molar-refractivity contribution in [2.75, 3.05) is 0 Å². The van der Waals surface area contributed by atoms with E-state index in [2.05, 4.69) is 8.37 Å². The van der Waals surface area contributed by atoms with Gasteiger partial charge in [0.2, 0.25) is 0 Å². The average Bonchev–Trinajstić information content (AvgIpc) is 2.95. The van der Waals surface area contributed by atoms with Crippen molar-refractivity contribution < 1.29 is 108 Å². The van der Waals surface area contributed by atoms with Crippen LogP contribution < -0.4 is 8.37 Å². The first-order valence-electron chi connectivity index (χ1n) is 13.3. The van der Waals surface area contributed by atoms with Crippen molar-refractivity contribution in [3.05, 3.63) is 58.7 Å². The van der Waals surface area contributed by atoms with Gasteiger partial charge in [-0.3, -0.25) is 9.59 Å². The summed E-state index contributed by atoms with van der Waals surface area (Å²) in [7, 11) is -25.1. The molecule has 53 heavy (non-hydrogen) atoms. The Hall–Kier alpha value is -3.70. The summed E-state index contributed by atoms with van der Waals surface area (Å²) in [4.78, 5) is 23.1. The molecule has 2 aliphatic carbocycles. The fraction of sp³-hybridized carbons (Fsp3) is 0.417. The number of aryl methyl sites for hydroxylation is 2. The first-order valence-corrected chi connectivity index (χ1v) is 18.9. The zero-order chi connectivity index (χ0) is 41.2. The fourth-order valence-corrected chi connectivity index (χ4v) is 6.32. The SMILES string of the molecule is O=C1CCCc2ccc(OS(=O)(=O)C(F)(F)F)cc21.O=C1CCCc2ccc(OS(=O)(=O)C(F)(F)F)cc21.O=S(=O)(OS(=O)(=O)C(F)(F)F)C(F)(F)F. The van der Waals surface area contributed by atoms with Crippen molar-refractivity contribution in [3.8, 4) is 11.5 Å². The van der Waals surface area contributed by atoms with Gasteiger partial charge in [-0.25, -0.2) is 0 Å². The third-order valence-electron chi connectivity index (χ3n) is 6.19. The standard InChI is InChI=1S/2C11H9F3O4S.C2F6O5S2/c2*12-11(13,14)19(16,17)18-8-5-4-7-2-1-3-10(15)9(7)6-8;3-1(4,5)14(9,10)13-15(11,12)2(6,7)8/h2*4-6H,1-3H2;. The monoisotopic (exact) mass is 870 g/mol. The topological polar surface area (TPSA) is 198 Å². The molecule has 0 saturated carbocycles. The molecule has 0 aromatic heterocycles. The molecular formula is C24H18F12O13S4. The van der Waals surface area contributed by atoms with Gasteiger partial charge >= 0.3 is 62.5 Å². The van der Waals surface area contributed by atoms with Crippen LogP contribution in [0, 0.1) is 0 Å². The van der Waals surface area contributed by atoms with Crippen LogP contribution in [0.1, 0.15) is 57.5 Å². The lowest BCUT2D eigenvalue weighted by atomic mass is 9.91. The summed E-state index contributed by atoms with van der Waals surface area (Å²) in [5, 5.41) is 0. The van der Waals surface area contributed by atoms with Crippen LogP contribution in [0.25, 0.3) is 0 Å². The molecule has 2 aliphatic rings. The molecule has 0 amide bonds. The summed E-state index contributed by atoms with van der Waals surface area (Å²) in [6.07, 6.45) is 3.20. The second-order valence-electron chi connectivity index (χ2n) is 10.0. The van der Waals surface area contributed by atoms with Gasteiger partial charge in [0.15, 0.2) is 11.6 Å². The average molecular weight is 871 g/mol. The number of ketones is 2. The molecule has 4 rings (SSSR count). The van der Waals surface area contributed by atoms with Gasteiger partial charge < -0.3 is 8.37 Å². The number of fused-ring (bicyclic) bond motifs is 2. The molecule has 0 heterocycles. The van der Waals surface area contributed by atoms with E-state index in [-0.39, 0.29) is 22.7 Å². The van der Waals surface area contributed by atoms with Crippen LogP contribution >= 0.6 is 0 Å². The Labute approximate surface area is 290 Å². The number of alkyl halides is 12. The molecule has 0 N–H and O–H groups in total. The highest BCUT2D eigenvalue weighted by Gasteiger charge is 2.57.